The predicted molar refractivity (Wildman–Crippen MR) is 70.1 cm³/mol. The fourth-order valence-corrected chi connectivity index (χ4v) is 3.54. The minimum atomic E-state index is -3.13. The lowest BCUT2D eigenvalue weighted by Crippen LogP contribution is -2.38. The van der Waals surface area contributed by atoms with Crippen molar-refractivity contribution >= 4 is 21.7 Å². The van der Waals surface area contributed by atoms with Gasteiger partial charge in [-0.05, 0) is 12.3 Å². The molecule has 2 rings (SSSR count). The maximum atomic E-state index is 12.0. The average Bonchev–Trinajstić information content (AvgIpc) is 2.82. The fourth-order valence-electron chi connectivity index (χ4n) is 3.00. The van der Waals surface area contributed by atoms with Crippen molar-refractivity contribution in [2.75, 3.05) is 31.6 Å². The summed E-state index contributed by atoms with van der Waals surface area (Å²) in [5, 5.41) is 2.83. The Bertz CT molecular complexity index is 502. The van der Waals surface area contributed by atoms with Gasteiger partial charge in [-0.15, -0.1) is 0 Å². The van der Waals surface area contributed by atoms with Crippen LogP contribution in [-0.2, 0) is 19.4 Å². The number of likely N-dealkylation sites (tertiary alicyclic amines) is 1. The van der Waals surface area contributed by atoms with E-state index in [0.29, 0.717) is 19.6 Å². The molecule has 0 radical (unpaired) electrons. The standard InChI is InChI=1S/C12H20N2O4S/c1-9-7-14(10(15)3-6-19(2,17)18)8-12(9)4-5-13-11(12)16/h9H,3-8H2,1-2H3,(H,13,16)/t9-,12-/m1/s1. The summed E-state index contributed by atoms with van der Waals surface area (Å²) in [6.45, 7) is 3.60. The normalized spacial score (nSPS) is 30.9. The number of hydrogen-bond donors (Lipinski definition) is 1. The van der Waals surface area contributed by atoms with Crippen molar-refractivity contribution < 1.29 is 18.0 Å². The Morgan fingerprint density at radius 1 is 1.53 bits per heavy atom. The van der Waals surface area contributed by atoms with Gasteiger partial charge in [-0.25, -0.2) is 8.42 Å². The minimum absolute atomic E-state index is 0.00323. The lowest BCUT2D eigenvalue weighted by atomic mass is 9.78. The van der Waals surface area contributed by atoms with Crippen LogP contribution < -0.4 is 5.32 Å². The van der Waals surface area contributed by atoms with Crippen LogP contribution in [0.15, 0.2) is 0 Å². The zero-order valence-corrected chi connectivity index (χ0v) is 12.1. The third-order valence-electron chi connectivity index (χ3n) is 4.26. The Balaban J connectivity index is 2.01. The topological polar surface area (TPSA) is 83.6 Å². The van der Waals surface area contributed by atoms with E-state index in [9.17, 15) is 18.0 Å². The molecule has 1 N–H and O–H groups in total. The first-order valence-corrected chi connectivity index (χ1v) is 8.54. The van der Waals surface area contributed by atoms with Gasteiger partial charge in [-0.3, -0.25) is 9.59 Å². The summed E-state index contributed by atoms with van der Waals surface area (Å²) < 4.78 is 22.2. The highest BCUT2D eigenvalue weighted by Gasteiger charge is 2.53. The summed E-state index contributed by atoms with van der Waals surface area (Å²) >= 11 is 0. The number of amides is 2. The molecule has 0 aliphatic carbocycles. The third kappa shape index (κ3) is 2.75. The molecule has 1 spiro atoms. The first kappa shape index (κ1) is 14.3. The molecule has 2 amide bonds. The van der Waals surface area contributed by atoms with Gasteiger partial charge in [0, 0.05) is 32.3 Å². The van der Waals surface area contributed by atoms with Crippen LogP contribution in [0.5, 0.6) is 0 Å². The number of carbonyl (C=O) groups excluding carboxylic acids is 2. The minimum Gasteiger partial charge on any atom is -0.356 e. The smallest absolute Gasteiger partial charge is 0.228 e. The SMILES string of the molecule is C[C@@H]1CN(C(=O)CCS(C)(=O)=O)C[C@]12CCNC2=O. The van der Waals surface area contributed by atoms with Crippen molar-refractivity contribution in [2.45, 2.75) is 19.8 Å². The lowest BCUT2D eigenvalue weighted by Gasteiger charge is -2.23. The maximum absolute atomic E-state index is 12.0. The largest absolute Gasteiger partial charge is 0.356 e. The second-order valence-electron chi connectivity index (χ2n) is 5.72. The number of carbonyl (C=O) groups is 2. The Labute approximate surface area is 113 Å². The summed E-state index contributed by atoms with van der Waals surface area (Å²) in [5.74, 6) is -0.153. The van der Waals surface area contributed by atoms with E-state index >= 15 is 0 Å². The van der Waals surface area contributed by atoms with Crippen molar-refractivity contribution in [2.24, 2.45) is 11.3 Å². The summed E-state index contributed by atoms with van der Waals surface area (Å²) in [4.78, 5) is 25.6. The molecule has 2 heterocycles. The molecule has 0 aromatic carbocycles. The predicted octanol–water partition coefficient (Wildman–Crippen LogP) is -0.594. The molecule has 0 aromatic rings. The van der Waals surface area contributed by atoms with E-state index in [-0.39, 0.29) is 29.9 Å². The molecule has 2 fully saturated rings. The van der Waals surface area contributed by atoms with Crippen molar-refractivity contribution in [3.05, 3.63) is 0 Å². The van der Waals surface area contributed by atoms with Gasteiger partial charge in [0.25, 0.3) is 0 Å². The van der Waals surface area contributed by atoms with Gasteiger partial charge in [0.2, 0.25) is 11.8 Å². The third-order valence-corrected chi connectivity index (χ3v) is 5.20. The van der Waals surface area contributed by atoms with Crippen LogP contribution in [0.3, 0.4) is 0 Å². The molecule has 6 nitrogen and oxygen atoms in total. The Kier molecular flexibility index (Phi) is 3.59. The Morgan fingerprint density at radius 3 is 2.74 bits per heavy atom. The molecule has 2 saturated heterocycles. The molecule has 0 bridgehead atoms. The van der Waals surface area contributed by atoms with Crippen molar-refractivity contribution in [3.63, 3.8) is 0 Å². The van der Waals surface area contributed by atoms with E-state index in [4.69, 9.17) is 0 Å². The van der Waals surface area contributed by atoms with Crippen LogP contribution in [0, 0.1) is 11.3 Å². The Morgan fingerprint density at radius 2 is 2.21 bits per heavy atom. The van der Waals surface area contributed by atoms with E-state index in [1.807, 2.05) is 6.92 Å². The number of nitrogens with zero attached hydrogens (tertiary/aromatic N) is 1. The number of sulfone groups is 1. The second kappa shape index (κ2) is 4.77. The molecule has 0 saturated carbocycles. The number of hydrogen-bond acceptors (Lipinski definition) is 4. The van der Waals surface area contributed by atoms with Crippen LogP contribution >= 0.6 is 0 Å². The van der Waals surface area contributed by atoms with Gasteiger partial charge in [0.1, 0.15) is 9.84 Å². The molecule has 19 heavy (non-hydrogen) atoms. The Hall–Kier alpha value is -1.11. The van der Waals surface area contributed by atoms with E-state index < -0.39 is 15.3 Å². The van der Waals surface area contributed by atoms with E-state index in [1.54, 1.807) is 4.90 Å². The zero-order chi connectivity index (χ0) is 14.3. The monoisotopic (exact) mass is 288 g/mol. The molecule has 7 heteroatoms. The molecule has 0 unspecified atom stereocenters. The van der Waals surface area contributed by atoms with Crippen molar-refractivity contribution in [1.82, 2.24) is 10.2 Å². The summed E-state index contributed by atoms with van der Waals surface area (Å²) in [6.07, 6.45) is 1.88. The fraction of sp³-hybridized carbons (Fsp3) is 0.833. The maximum Gasteiger partial charge on any atom is 0.228 e. The van der Waals surface area contributed by atoms with Gasteiger partial charge < -0.3 is 10.2 Å². The molecule has 2 aliphatic heterocycles. The number of rotatable bonds is 3. The molecule has 2 atom stereocenters. The summed E-state index contributed by atoms with van der Waals surface area (Å²) in [7, 11) is -3.13. The van der Waals surface area contributed by atoms with Gasteiger partial charge in [-0.1, -0.05) is 6.92 Å². The average molecular weight is 288 g/mol. The highest BCUT2D eigenvalue weighted by atomic mass is 32.2. The highest BCUT2D eigenvalue weighted by molar-refractivity contribution is 7.90. The first-order valence-electron chi connectivity index (χ1n) is 6.48. The zero-order valence-electron chi connectivity index (χ0n) is 11.3. The van der Waals surface area contributed by atoms with Crippen LogP contribution in [0.1, 0.15) is 19.8 Å². The van der Waals surface area contributed by atoms with Crippen LogP contribution in [0.4, 0.5) is 0 Å². The van der Waals surface area contributed by atoms with Gasteiger partial charge >= 0.3 is 0 Å². The quantitative estimate of drug-likeness (QED) is 0.752. The lowest BCUT2D eigenvalue weighted by molar-refractivity contribution is -0.131. The van der Waals surface area contributed by atoms with Crippen LogP contribution in [0.2, 0.25) is 0 Å². The molecular formula is C12H20N2O4S. The first-order chi connectivity index (χ1) is 8.74. The molecule has 0 aromatic heterocycles. The number of nitrogens with one attached hydrogen (secondary N) is 1. The van der Waals surface area contributed by atoms with Crippen molar-refractivity contribution in [3.8, 4) is 0 Å². The van der Waals surface area contributed by atoms with Gasteiger partial charge in [-0.2, -0.15) is 0 Å². The molecular weight excluding hydrogens is 268 g/mol. The van der Waals surface area contributed by atoms with Gasteiger partial charge in [0.15, 0.2) is 0 Å². The summed E-state index contributed by atoms with van der Waals surface area (Å²) in [6, 6.07) is 0. The van der Waals surface area contributed by atoms with Crippen LogP contribution in [0.25, 0.3) is 0 Å². The van der Waals surface area contributed by atoms with Crippen molar-refractivity contribution in [1.29, 1.82) is 0 Å². The van der Waals surface area contributed by atoms with E-state index in [1.165, 1.54) is 0 Å². The van der Waals surface area contributed by atoms with E-state index in [2.05, 4.69) is 5.32 Å². The van der Waals surface area contributed by atoms with Crippen LogP contribution in [-0.4, -0.2) is 56.8 Å². The highest BCUT2D eigenvalue weighted by Crippen LogP contribution is 2.41. The summed E-state index contributed by atoms with van der Waals surface area (Å²) in [5.41, 5.74) is -0.458. The molecule has 2 aliphatic rings. The second-order valence-corrected chi connectivity index (χ2v) is 7.98. The van der Waals surface area contributed by atoms with E-state index in [0.717, 1.165) is 12.7 Å². The molecule has 108 valence electrons. The van der Waals surface area contributed by atoms with Gasteiger partial charge in [0.05, 0.1) is 11.2 Å².